The van der Waals surface area contributed by atoms with Gasteiger partial charge >= 0.3 is 0 Å². The molecule has 0 aromatic carbocycles. The summed E-state index contributed by atoms with van der Waals surface area (Å²) in [7, 11) is 0. The molecule has 92 valence electrons. The number of hydrogen-bond acceptors (Lipinski definition) is 1. The van der Waals surface area contributed by atoms with Crippen molar-refractivity contribution in [2.24, 2.45) is 11.3 Å². The summed E-state index contributed by atoms with van der Waals surface area (Å²) in [5, 5.41) is 9.41. The monoisotopic (exact) mass is 221 g/mol. The normalized spacial score (nSPS) is 29.9. The quantitative estimate of drug-likeness (QED) is 0.575. The predicted molar refractivity (Wildman–Crippen MR) is 69.1 cm³/mol. The smallest absolute Gasteiger partial charge is 0.0689 e. The van der Waals surface area contributed by atoms with Crippen molar-refractivity contribution in [2.75, 3.05) is 0 Å². The Morgan fingerprint density at radius 2 is 1.81 bits per heavy atom. The average molecular weight is 221 g/mol. The molecule has 1 nitrogen and oxygen atoms in total. The van der Waals surface area contributed by atoms with Crippen molar-refractivity contribution in [3.63, 3.8) is 0 Å². The van der Waals surface area contributed by atoms with E-state index in [4.69, 9.17) is 0 Å². The highest BCUT2D eigenvalue weighted by Gasteiger charge is 2.34. The largest absolute Gasteiger partial charge is 0.198 e. The predicted octanol–water partition coefficient (Wildman–Crippen LogP) is 5.07. The number of nitriles is 1. The van der Waals surface area contributed by atoms with Gasteiger partial charge in [0, 0.05) is 0 Å². The van der Waals surface area contributed by atoms with Gasteiger partial charge in [0.15, 0.2) is 0 Å². The van der Waals surface area contributed by atoms with Crippen LogP contribution in [0.25, 0.3) is 0 Å². The lowest BCUT2D eigenvalue weighted by molar-refractivity contribution is 0.186. The maximum absolute atomic E-state index is 9.41. The van der Waals surface area contributed by atoms with Crippen LogP contribution in [-0.4, -0.2) is 0 Å². The molecular weight excluding hydrogens is 194 g/mol. The Bertz CT molecular complexity index is 218. The maximum Gasteiger partial charge on any atom is 0.0689 e. The van der Waals surface area contributed by atoms with Crippen LogP contribution in [0, 0.1) is 22.7 Å². The van der Waals surface area contributed by atoms with Crippen LogP contribution in [0.4, 0.5) is 0 Å². The lowest BCUT2D eigenvalue weighted by Gasteiger charge is -2.35. The van der Waals surface area contributed by atoms with E-state index in [0.29, 0.717) is 0 Å². The summed E-state index contributed by atoms with van der Waals surface area (Å²) >= 11 is 0. The van der Waals surface area contributed by atoms with E-state index in [-0.39, 0.29) is 5.41 Å². The Kier molecular flexibility index (Phi) is 5.88. The van der Waals surface area contributed by atoms with Gasteiger partial charge in [-0.15, -0.1) is 0 Å². The highest BCUT2D eigenvalue weighted by Crippen LogP contribution is 2.43. The minimum absolute atomic E-state index is 0.0550. The molecule has 0 aromatic heterocycles. The molecule has 0 heterocycles. The fourth-order valence-electron chi connectivity index (χ4n) is 3.06. The average Bonchev–Trinajstić information content (AvgIpc) is 2.32. The minimum atomic E-state index is 0.0550. The molecule has 1 saturated carbocycles. The molecule has 0 N–H and O–H groups in total. The zero-order chi connectivity index (χ0) is 11.9. The molecule has 0 aromatic rings. The van der Waals surface area contributed by atoms with Crippen molar-refractivity contribution in [3.05, 3.63) is 0 Å². The Hall–Kier alpha value is -0.510. The summed E-state index contributed by atoms with van der Waals surface area (Å²) in [6, 6.07) is 2.64. The van der Waals surface area contributed by atoms with Gasteiger partial charge in [-0.2, -0.15) is 5.26 Å². The summed E-state index contributed by atoms with van der Waals surface area (Å²) in [6.07, 6.45) is 12.6. The van der Waals surface area contributed by atoms with Crippen molar-refractivity contribution in [1.82, 2.24) is 0 Å². The summed E-state index contributed by atoms with van der Waals surface area (Å²) in [4.78, 5) is 0. The molecule has 1 aliphatic rings. The van der Waals surface area contributed by atoms with E-state index in [2.05, 4.69) is 19.9 Å². The van der Waals surface area contributed by atoms with Gasteiger partial charge in [0.05, 0.1) is 11.5 Å². The van der Waals surface area contributed by atoms with Crippen molar-refractivity contribution >= 4 is 0 Å². The fourth-order valence-corrected chi connectivity index (χ4v) is 3.06. The van der Waals surface area contributed by atoms with E-state index in [9.17, 15) is 5.26 Å². The third-order valence-corrected chi connectivity index (χ3v) is 4.26. The fraction of sp³-hybridized carbons (Fsp3) is 0.933. The Balaban J connectivity index is 2.36. The molecule has 0 aliphatic heterocycles. The molecule has 0 atom stereocenters. The van der Waals surface area contributed by atoms with E-state index >= 15 is 0 Å². The number of rotatable bonds is 6. The molecule has 1 heteroatoms. The lowest BCUT2D eigenvalue weighted by atomic mass is 9.68. The van der Waals surface area contributed by atoms with E-state index in [1.54, 1.807) is 0 Å². The Labute approximate surface area is 101 Å². The van der Waals surface area contributed by atoms with E-state index in [1.807, 2.05) is 0 Å². The first kappa shape index (κ1) is 13.6. The highest BCUT2D eigenvalue weighted by atomic mass is 14.4. The number of unbranched alkanes of at least 4 members (excludes halogenated alkanes) is 2. The van der Waals surface area contributed by atoms with Crippen molar-refractivity contribution in [3.8, 4) is 6.07 Å². The topological polar surface area (TPSA) is 23.8 Å². The van der Waals surface area contributed by atoms with Gasteiger partial charge < -0.3 is 0 Å². The Morgan fingerprint density at radius 1 is 1.12 bits per heavy atom. The van der Waals surface area contributed by atoms with Gasteiger partial charge in [-0.25, -0.2) is 0 Å². The second-order valence-electron chi connectivity index (χ2n) is 5.58. The van der Waals surface area contributed by atoms with Crippen LogP contribution in [0.2, 0.25) is 0 Å². The maximum atomic E-state index is 9.41. The van der Waals surface area contributed by atoms with Crippen molar-refractivity contribution < 1.29 is 0 Å². The second kappa shape index (κ2) is 6.94. The highest BCUT2D eigenvalue weighted by molar-refractivity contribution is 5.01. The van der Waals surface area contributed by atoms with Gasteiger partial charge in [0.2, 0.25) is 0 Å². The zero-order valence-electron chi connectivity index (χ0n) is 11.1. The van der Waals surface area contributed by atoms with Crippen LogP contribution in [-0.2, 0) is 0 Å². The summed E-state index contributed by atoms with van der Waals surface area (Å²) in [6.45, 7) is 4.50. The van der Waals surface area contributed by atoms with Crippen LogP contribution in [0.5, 0.6) is 0 Å². The summed E-state index contributed by atoms with van der Waals surface area (Å²) in [5.41, 5.74) is 0.0550. The summed E-state index contributed by atoms with van der Waals surface area (Å²) in [5.74, 6) is 0.914. The third kappa shape index (κ3) is 3.81. The number of nitrogens with zero attached hydrogens (tertiary/aromatic N) is 1. The molecule has 1 rings (SSSR count). The molecule has 16 heavy (non-hydrogen) atoms. The van der Waals surface area contributed by atoms with Crippen LogP contribution in [0.1, 0.15) is 78.1 Å². The van der Waals surface area contributed by atoms with Gasteiger partial charge in [-0.3, -0.25) is 0 Å². The van der Waals surface area contributed by atoms with Crippen LogP contribution in [0.15, 0.2) is 0 Å². The number of hydrogen-bond donors (Lipinski definition) is 0. The molecule has 0 unspecified atom stereocenters. The lowest BCUT2D eigenvalue weighted by Crippen LogP contribution is -2.26. The first-order chi connectivity index (χ1) is 7.76. The molecule has 0 radical (unpaired) electrons. The van der Waals surface area contributed by atoms with Crippen molar-refractivity contribution in [1.29, 1.82) is 5.26 Å². The van der Waals surface area contributed by atoms with Crippen LogP contribution >= 0.6 is 0 Å². The standard InChI is InChI=1S/C15H27N/c1-3-5-6-10-15(13-16)11-8-14(7-4-2)9-12-15/h14H,3-12H2,1-2H3. The van der Waals surface area contributed by atoms with Gasteiger partial charge in [-0.1, -0.05) is 46.0 Å². The first-order valence-electron chi connectivity index (χ1n) is 7.17. The molecule has 0 saturated heterocycles. The van der Waals surface area contributed by atoms with Gasteiger partial charge in [-0.05, 0) is 38.0 Å². The van der Waals surface area contributed by atoms with Gasteiger partial charge in [0.1, 0.15) is 0 Å². The Morgan fingerprint density at radius 3 is 2.31 bits per heavy atom. The third-order valence-electron chi connectivity index (χ3n) is 4.26. The van der Waals surface area contributed by atoms with E-state index in [1.165, 1.54) is 44.9 Å². The summed E-state index contributed by atoms with van der Waals surface area (Å²) < 4.78 is 0. The molecule has 0 spiro atoms. The SMILES string of the molecule is CCCCCC1(C#N)CCC(CCC)CC1. The van der Waals surface area contributed by atoms with Crippen LogP contribution in [0.3, 0.4) is 0 Å². The second-order valence-corrected chi connectivity index (χ2v) is 5.58. The molecule has 1 fully saturated rings. The van der Waals surface area contributed by atoms with Gasteiger partial charge in [0.25, 0.3) is 0 Å². The zero-order valence-corrected chi connectivity index (χ0v) is 11.1. The van der Waals surface area contributed by atoms with E-state index in [0.717, 1.165) is 25.2 Å². The minimum Gasteiger partial charge on any atom is -0.198 e. The van der Waals surface area contributed by atoms with Crippen LogP contribution < -0.4 is 0 Å². The molecule has 1 aliphatic carbocycles. The van der Waals surface area contributed by atoms with Crippen molar-refractivity contribution in [2.45, 2.75) is 78.1 Å². The first-order valence-corrected chi connectivity index (χ1v) is 7.17. The molecule has 0 amide bonds. The molecular formula is C15H27N. The molecule has 0 bridgehead atoms. The van der Waals surface area contributed by atoms with E-state index < -0.39 is 0 Å².